The summed E-state index contributed by atoms with van der Waals surface area (Å²) in [5, 5.41) is 8.89. The third-order valence-corrected chi connectivity index (χ3v) is 3.42. The maximum Gasteiger partial charge on any atom is 0.320 e. The number of carbonyl (C=O) groups is 1. The Kier molecular flexibility index (Phi) is 5.30. The lowest BCUT2D eigenvalue weighted by Gasteiger charge is -2.17. The Labute approximate surface area is 110 Å². The molecule has 1 unspecified atom stereocenters. The molecular formula is C12H17NO4S. The van der Waals surface area contributed by atoms with Crippen LogP contribution in [0.3, 0.4) is 0 Å². The summed E-state index contributed by atoms with van der Waals surface area (Å²) < 4.78 is 10.5. The summed E-state index contributed by atoms with van der Waals surface area (Å²) in [6.45, 7) is 0. The molecule has 0 amide bonds. The van der Waals surface area contributed by atoms with Gasteiger partial charge in [-0.2, -0.15) is 0 Å². The minimum absolute atomic E-state index is 0.200. The van der Waals surface area contributed by atoms with Crippen LogP contribution in [0.25, 0.3) is 0 Å². The Morgan fingerprint density at radius 3 is 2.39 bits per heavy atom. The molecule has 1 aromatic rings. The van der Waals surface area contributed by atoms with Gasteiger partial charge in [-0.25, -0.2) is 0 Å². The number of benzene rings is 1. The fourth-order valence-electron chi connectivity index (χ4n) is 1.66. The summed E-state index contributed by atoms with van der Waals surface area (Å²) >= 11 is 1.48. The number of aliphatic carboxylic acids is 1. The van der Waals surface area contributed by atoms with Crippen molar-refractivity contribution in [3.63, 3.8) is 0 Å². The first-order valence-electron chi connectivity index (χ1n) is 5.31. The lowest BCUT2D eigenvalue weighted by Crippen LogP contribution is -2.32. The number of ether oxygens (including phenoxy) is 2. The van der Waals surface area contributed by atoms with Crippen molar-refractivity contribution in [1.82, 2.24) is 0 Å². The zero-order valence-corrected chi connectivity index (χ0v) is 11.4. The van der Waals surface area contributed by atoms with Gasteiger partial charge in [-0.05, 0) is 18.4 Å². The van der Waals surface area contributed by atoms with Crippen LogP contribution in [-0.2, 0) is 11.2 Å². The largest absolute Gasteiger partial charge is 0.496 e. The molecule has 0 saturated heterocycles. The second-order valence-electron chi connectivity index (χ2n) is 3.63. The van der Waals surface area contributed by atoms with E-state index >= 15 is 0 Å². The first-order chi connectivity index (χ1) is 8.54. The van der Waals surface area contributed by atoms with Crippen molar-refractivity contribution >= 4 is 17.7 Å². The van der Waals surface area contributed by atoms with E-state index in [1.807, 2.05) is 6.26 Å². The molecule has 0 spiro atoms. The average Bonchev–Trinajstić information content (AvgIpc) is 2.37. The third kappa shape index (κ3) is 3.08. The van der Waals surface area contributed by atoms with Crippen LogP contribution in [0.4, 0.5) is 0 Å². The lowest BCUT2D eigenvalue weighted by molar-refractivity contribution is -0.138. The maximum atomic E-state index is 10.9. The Morgan fingerprint density at radius 1 is 1.39 bits per heavy atom. The van der Waals surface area contributed by atoms with E-state index in [4.69, 9.17) is 20.3 Å². The van der Waals surface area contributed by atoms with E-state index in [-0.39, 0.29) is 6.42 Å². The minimum Gasteiger partial charge on any atom is -0.496 e. The fourth-order valence-corrected chi connectivity index (χ4v) is 2.45. The van der Waals surface area contributed by atoms with Gasteiger partial charge in [0.15, 0.2) is 0 Å². The molecule has 0 aliphatic heterocycles. The number of nitrogens with two attached hydrogens (primary N) is 1. The van der Waals surface area contributed by atoms with E-state index in [0.29, 0.717) is 11.5 Å². The Balaban J connectivity index is 3.23. The second kappa shape index (κ2) is 6.51. The summed E-state index contributed by atoms with van der Waals surface area (Å²) in [5.41, 5.74) is 6.35. The van der Waals surface area contributed by atoms with Gasteiger partial charge in [-0.1, -0.05) is 0 Å². The van der Waals surface area contributed by atoms with Crippen LogP contribution in [0.1, 0.15) is 5.56 Å². The number of hydrogen-bond donors (Lipinski definition) is 2. The predicted octanol–water partition coefficient (Wildman–Crippen LogP) is 1.38. The van der Waals surface area contributed by atoms with Gasteiger partial charge >= 0.3 is 5.97 Å². The van der Waals surface area contributed by atoms with Gasteiger partial charge in [0.2, 0.25) is 0 Å². The van der Waals surface area contributed by atoms with Gasteiger partial charge in [0.05, 0.1) is 19.1 Å². The smallest absolute Gasteiger partial charge is 0.320 e. The highest BCUT2D eigenvalue weighted by Gasteiger charge is 2.20. The summed E-state index contributed by atoms with van der Waals surface area (Å²) in [6.07, 6.45) is 2.10. The zero-order chi connectivity index (χ0) is 13.7. The fraction of sp³-hybridized carbons (Fsp3) is 0.417. The van der Waals surface area contributed by atoms with E-state index in [1.165, 1.54) is 11.8 Å². The normalized spacial score (nSPS) is 12.0. The highest BCUT2D eigenvalue weighted by atomic mass is 32.2. The van der Waals surface area contributed by atoms with Crippen LogP contribution in [0.2, 0.25) is 0 Å². The number of carboxylic acids is 1. The predicted molar refractivity (Wildman–Crippen MR) is 70.6 cm³/mol. The van der Waals surface area contributed by atoms with Crippen LogP contribution in [0.15, 0.2) is 17.0 Å². The van der Waals surface area contributed by atoms with E-state index in [0.717, 1.165) is 10.5 Å². The van der Waals surface area contributed by atoms with Gasteiger partial charge in [0.25, 0.3) is 0 Å². The molecule has 1 atom stereocenters. The summed E-state index contributed by atoms with van der Waals surface area (Å²) in [7, 11) is 3.12. The molecule has 0 saturated carbocycles. The van der Waals surface area contributed by atoms with Crippen molar-refractivity contribution in [2.75, 3.05) is 20.5 Å². The highest BCUT2D eigenvalue weighted by molar-refractivity contribution is 7.98. The van der Waals surface area contributed by atoms with Gasteiger partial charge in [-0.15, -0.1) is 11.8 Å². The molecule has 100 valence electrons. The molecule has 6 heteroatoms. The third-order valence-electron chi connectivity index (χ3n) is 2.57. The molecule has 18 heavy (non-hydrogen) atoms. The standard InChI is InChI=1S/C12H17NO4S/c1-16-9-4-5-10(17-2)11(18-3)7(9)6-8(13)12(14)15/h4-5,8H,6,13H2,1-3H3,(H,14,15). The summed E-state index contributed by atoms with van der Waals surface area (Å²) in [5.74, 6) is 0.277. The van der Waals surface area contributed by atoms with Gasteiger partial charge in [0, 0.05) is 12.0 Å². The molecule has 0 aliphatic rings. The molecule has 0 bridgehead atoms. The first kappa shape index (κ1) is 14.7. The van der Waals surface area contributed by atoms with Crippen LogP contribution in [0, 0.1) is 0 Å². The number of methoxy groups -OCH3 is 2. The molecule has 0 aromatic heterocycles. The Hall–Kier alpha value is -1.40. The van der Waals surface area contributed by atoms with Crippen molar-refractivity contribution in [3.05, 3.63) is 17.7 Å². The van der Waals surface area contributed by atoms with Crippen LogP contribution in [0.5, 0.6) is 11.5 Å². The number of carboxylic acid groups (broad SMARTS) is 1. The van der Waals surface area contributed by atoms with Crippen molar-refractivity contribution in [2.45, 2.75) is 17.4 Å². The van der Waals surface area contributed by atoms with Crippen molar-refractivity contribution in [2.24, 2.45) is 5.73 Å². The van der Waals surface area contributed by atoms with E-state index in [1.54, 1.807) is 26.4 Å². The average molecular weight is 271 g/mol. The van der Waals surface area contributed by atoms with Crippen LogP contribution >= 0.6 is 11.8 Å². The Bertz CT molecular complexity index is 436. The highest BCUT2D eigenvalue weighted by Crippen LogP contribution is 2.37. The molecule has 3 N–H and O–H groups in total. The summed E-state index contributed by atoms with van der Waals surface area (Å²) in [6, 6.07) is 2.58. The second-order valence-corrected chi connectivity index (χ2v) is 4.45. The SMILES string of the molecule is COc1ccc(OC)c(SC)c1CC(N)C(=O)O. The molecule has 1 rings (SSSR count). The topological polar surface area (TPSA) is 81.8 Å². The molecular weight excluding hydrogens is 254 g/mol. The first-order valence-corrected chi connectivity index (χ1v) is 6.53. The number of hydrogen-bond acceptors (Lipinski definition) is 5. The monoisotopic (exact) mass is 271 g/mol. The lowest BCUT2D eigenvalue weighted by atomic mass is 10.0. The number of thioether (sulfide) groups is 1. The number of rotatable bonds is 6. The minimum atomic E-state index is -1.04. The molecule has 5 nitrogen and oxygen atoms in total. The van der Waals surface area contributed by atoms with Crippen LogP contribution < -0.4 is 15.2 Å². The molecule has 0 fully saturated rings. The molecule has 0 heterocycles. The molecule has 1 aromatic carbocycles. The molecule has 0 aliphatic carbocycles. The van der Waals surface area contributed by atoms with Gasteiger partial charge in [-0.3, -0.25) is 4.79 Å². The molecule has 0 radical (unpaired) electrons. The van der Waals surface area contributed by atoms with Gasteiger partial charge in [0.1, 0.15) is 17.5 Å². The van der Waals surface area contributed by atoms with E-state index in [9.17, 15) is 4.79 Å². The van der Waals surface area contributed by atoms with Crippen molar-refractivity contribution in [1.29, 1.82) is 0 Å². The van der Waals surface area contributed by atoms with E-state index in [2.05, 4.69) is 0 Å². The van der Waals surface area contributed by atoms with Gasteiger partial charge < -0.3 is 20.3 Å². The Morgan fingerprint density at radius 2 is 1.94 bits per heavy atom. The quantitative estimate of drug-likeness (QED) is 0.761. The van der Waals surface area contributed by atoms with Crippen LogP contribution in [-0.4, -0.2) is 37.6 Å². The van der Waals surface area contributed by atoms with Crippen molar-refractivity contribution in [3.8, 4) is 11.5 Å². The summed E-state index contributed by atoms with van der Waals surface area (Å²) in [4.78, 5) is 11.7. The van der Waals surface area contributed by atoms with Crippen molar-refractivity contribution < 1.29 is 19.4 Å². The van der Waals surface area contributed by atoms with E-state index < -0.39 is 12.0 Å². The zero-order valence-electron chi connectivity index (χ0n) is 10.6. The maximum absolute atomic E-state index is 10.9.